The van der Waals surface area contributed by atoms with Gasteiger partial charge < -0.3 is 9.84 Å². The molecule has 0 heterocycles. The van der Waals surface area contributed by atoms with Crippen molar-refractivity contribution in [1.29, 1.82) is 0 Å². The fourth-order valence-electron chi connectivity index (χ4n) is 0.941. The third kappa shape index (κ3) is 2.44. The zero-order chi connectivity index (χ0) is 10.8. The molecule has 0 spiro atoms. The Morgan fingerprint density at radius 2 is 1.79 bits per heavy atom. The van der Waals surface area contributed by atoms with Crippen molar-refractivity contribution in [1.82, 2.24) is 0 Å². The summed E-state index contributed by atoms with van der Waals surface area (Å²) in [5.74, 6) is 0.538. The molecule has 0 saturated carbocycles. The van der Waals surface area contributed by atoms with E-state index in [9.17, 15) is 8.42 Å². The van der Waals surface area contributed by atoms with Crippen molar-refractivity contribution in [3.63, 3.8) is 0 Å². The molecule has 1 aromatic carbocycles. The molecule has 0 aliphatic carbocycles. The van der Waals surface area contributed by atoms with E-state index in [4.69, 9.17) is 14.4 Å². The first kappa shape index (κ1) is 11.0. The van der Waals surface area contributed by atoms with Crippen LogP contribution in [0, 0.1) is 0 Å². The maximum absolute atomic E-state index is 10.6. The molecule has 0 radical (unpaired) electrons. The summed E-state index contributed by atoms with van der Waals surface area (Å²) >= 11 is 0. The number of methoxy groups -OCH3 is 1. The van der Waals surface area contributed by atoms with Gasteiger partial charge in [0, 0.05) is 0 Å². The summed E-state index contributed by atoms with van der Waals surface area (Å²) in [7, 11) is -2.99. The number of aliphatic hydroxyl groups is 1. The molecule has 1 unspecified atom stereocenters. The molecular weight excluding hydrogens is 208 g/mol. The van der Waals surface area contributed by atoms with Crippen molar-refractivity contribution in [2.24, 2.45) is 0 Å². The van der Waals surface area contributed by atoms with Crippen LogP contribution in [0.15, 0.2) is 24.3 Å². The fourth-order valence-corrected chi connectivity index (χ4v) is 1.44. The number of hydrogen-bond acceptors (Lipinski definition) is 4. The lowest BCUT2D eigenvalue weighted by Crippen LogP contribution is -2.10. The predicted molar refractivity (Wildman–Crippen MR) is 49.5 cm³/mol. The Morgan fingerprint density at radius 3 is 2.14 bits per heavy atom. The van der Waals surface area contributed by atoms with Gasteiger partial charge in [0.15, 0.2) is 0 Å². The lowest BCUT2D eigenvalue weighted by Gasteiger charge is -2.07. The third-order valence-corrected chi connectivity index (χ3v) is 2.52. The van der Waals surface area contributed by atoms with E-state index >= 15 is 0 Å². The van der Waals surface area contributed by atoms with Gasteiger partial charge in [0.25, 0.3) is 10.1 Å². The van der Waals surface area contributed by atoms with E-state index in [1.54, 1.807) is 0 Å². The average Bonchev–Trinajstić information content (AvgIpc) is 2.15. The summed E-state index contributed by atoms with van der Waals surface area (Å²) < 4.78 is 34.5. The second kappa shape index (κ2) is 3.95. The Kier molecular flexibility index (Phi) is 3.10. The predicted octanol–water partition coefficient (Wildman–Crippen LogP) is 0.574. The van der Waals surface area contributed by atoms with Gasteiger partial charge in [-0.1, -0.05) is 12.1 Å². The largest absolute Gasteiger partial charge is 0.497 e. The number of ether oxygens (including phenoxy) is 1. The minimum atomic E-state index is -4.46. The van der Waals surface area contributed by atoms with Crippen LogP contribution >= 0.6 is 0 Å². The topological polar surface area (TPSA) is 83.8 Å². The maximum Gasteiger partial charge on any atom is 0.296 e. The molecule has 0 aliphatic heterocycles. The van der Waals surface area contributed by atoms with Gasteiger partial charge in [0.1, 0.15) is 5.75 Å². The molecule has 0 aromatic heterocycles. The molecule has 0 aliphatic rings. The van der Waals surface area contributed by atoms with Gasteiger partial charge in [-0.15, -0.1) is 0 Å². The smallest absolute Gasteiger partial charge is 0.296 e. The quantitative estimate of drug-likeness (QED) is 0.725. The van der Waals surface area contributed by atoms with Gasteiger partial charge in [-0.2, -0.15) is 8.42 Å². The van der Waals surface area contributed by atoms with Gasteiger partial charge in [0.2, 0.25) is 5.44 Å². The zero-order valence-corrected chi connectivity index (χ0v) is 8.23. The maximum atomic E-state index is 10.6. The van der Waals surface area contributed by atoms with Crippen molar-refractivity contribution >= 4 is 10.1 Å². The minimum Gasteiger partial charge on any atom is -0.497 e. The Morgan fingerprint density at radius 1 is 1.29 bits per heavy atom. The SMILES string of the molecule is COc1ccc(C(O)S(=O)(=O)O)cc1. The molecule has 6 heteroatoms. The summed E-state index contributed by atoms with van der Waals surface area (Å²) in [6.07, 6.45) is 0. The van der Waals surface area contributed by atoms with E-state index in [0.717, 1.165) is 0 Å². The summed E-state index contributed by atoms with van der Waals surface area (Å²) in [4.78, 5) is 0. The average molecular weight is 218 g/mol. The highest BCUT2D eigenvalue weighted by molar-refractivity contribution is 7.85. The number of rotatable bonds is 3. The molecule has 0 amide bonds. The molecule has 14 heavy (non-hydrogen) atoms. The normalized spacial score (nSPS) is 13.6. The minimum absolute atomic E-state index is 0.0910. The van der Waals surface area contributed by atoms with Crippen LogP contribution in [-0.4, -0.2) is 25.2 Å². The molecule has 2 N–H and O–H groups in total. The fraction of sp³-hybridized carbons (Fsp3) is 0.250. The Balaban J connectivity index is 2.98. The van der Waals surface area contributed by atoms with Gasteiger partial charge >= 0.3 is 0 Å². The lowest BCUT2D eigenvalue weighted by molar-refractivity contribution is 0.238. The Bertz CT molecular complexity index is 394. The van der Waals surface area contributed by atoms with Gasteiger partial charge in [0.05, 0.1) is 7.11 Å². The Hall–Kier alpha value is -1.11. The molecule has 0 bridgehead atoms. The molecule has 78 valence electrons. The first-order valence-corrected chi connectivity index (χ1v) is 5.24. The van der Waals surface area contributed by atoms with Crippen LogP contribution in [0.4, 0.5) is 0 Å². The van der Waals surface area contributed by atoms with Crippen molar-refractivity contribution in [2.45, 2.75) is 5.44 Å². The highest BCUT2D eigenvalue weighted by Gasteiger charge is 2.21. The van der Waals surface area contributed by atoms with Crippen molar-refractivity contribution in [2.75, 3.05) is 7.11 Å². The van der Waals surface area contributed by atoms with E-state index in [1.807, 2.05) is 0 Å². The molecule has 1 aromatic rings. The van der Waals surface area contributed by atoms with Crippen molar-refractivity contribution in [3.05, 3.63) is 29.8 Å². The van der Waals surface area contributed by atoms with Gasteiger partial charge in [-0.25, -0.2) is 0 Å². The standard InChI is InChI=1S/C8H10O5S/c1-13-7-4-2-6(3-5-7)8(9)14(10,11)12/h2-5,8-9H,1H3,(H,10,11,12). The van der Waals surface area contributed by atoms with Crippen LogP contribution in [0.25, 0.3) is 0 Å². The van der Waals surface area contributed by atoms with Crippen LogP contribution < -0.4 is 4.74 Å². The van der Waals surface area contributed by atoms with E-state index in [0.29, 0.717) is 5.75 Å². The van der Waals surface area contributed by atoms with Crippen LogP contribution in [0.1, 0.15) is 11.0 Å². The van der Waals surface area contributed by atoms with Crippen molar-refractivity contribution < 1.29 is 22.8 Å². The highest BCUT2D eigenvalue weighted by Crippen LogP contribution is 2.20. The van der Waals surface area contributed by atoms with E-state index in [-0.39, 0.29) is 5.56 Å². The molecule has 5 nitrogen and oxygen atoms in total. The lowest BCUT2D eigenvalue weighted by atomic mass is 10.2. The zero-order valence-electron chi connectivity index (χ0n) is 7.41. The summed E-state index contributed by atoms with van der Waals surface area (Å²) in [6.45, 7) is 0. The van der Waals surface area contributed by atoms with Crippen LogP contribution in [0.2, 0.25) is 0 Å². The van der Waals surface area contributed by atoms with Crippen LogP contribution in [-0.2, 0) is 10.1 Å². The highest BCUT2D eigenvalue weighted by atomic mass is 32.2. The summed E-state index contributed by atoms with van der Waals surface area (Å²) in [6, 6.07) is 5.70. The van der Waals surface area contributed by atoms with E-state index < -0.39 is 15.6 Å². The summed E-state index contributed by atoms with van der Waals surface area (Å²) in [5.41, 5.74) is -1.82. The van der Waals surface area contributed by atoms with E-state index in [1.165, 1.54) is 31.4 Å². The first-order chi connectivity index (χ1) is 6.45. The van der Waals surface area contributed by atoms with Gasteiger partial charge in [-0.3, -0.25) is 4.55 Å². The monoisotopic (exact) mass is 218 g/mol. The number of hydrogen-bond donors (Lipinski definition) is 2. The van der Waals surface area contributed by atoms with Crippen LogP contribution in [0.3, 0.4) is 0 Å². The number of benzene rings is 1. The molecular formula is C8H10O5S. The van der Waals surface area contributed by atoms with E-state index in [2.05, 4.69) is 0 Å². The van der Waals surface area contributed by atoms with Crippen LogP contribution in [0.5, 0.6) is 5.75 Å². The second-order valence-corrected chi connectivity index (χ2v) is 4.12. The molecule has 0 fully saturated rings. The van der Waals surface area contributed by atoms with Crippen molar-refractivity contribution in [3.8, 4) is 5.75 Å². The first-order valence-electron chi connectivity index (χ1n) is 3.73. The molecule has 1 atom stereocenters. The van der Waals surface area contributed by atoms with Gasteiger partial charge in [-0.05, 0) is 17.7 Å². The third-order valence-electron chi connectivity index (χ3n) is 1.68. The molecule has 1 rings (SSSR count). The Labute approximate surface area is 81.7 Å². The summed E-state index contributed by atoms with van der Waals surface area (Å²) in [5, 5.41) is 9.14. The second-order valence-electron chi connectivity index (χ2n) is 2.64. The number of aliphatic hydroxyl groups excluding tert-OH is 1. The molecule has 0 saturated heterocycles.